The van der Waals surface area contributed by atoms with Crippen LogP contribution >= 0.6 is 0 Å². The molecule has 2 N–H and O–H groups in total. The summed E-state index contributed by atoms with van der Waals surface area (Å²) in [6.07, 6.45) is 14.0. The van der Waals surface area contributed by atoms with Gasteiger partial charge in [-0.05, 0) is 106 Å². The predicted octanol–water partition coefficient (Wildman–Crippen LogP) is 3.10. The third-order valence-corrected chi connectivity index (χ3v) is 10.6. The summed E-state index contributed by atoms with van der Waals surface area (Å²) in [7, 11) is 1.89. The second kappa shape index (κ2) is 4.13. The number of carbonyl (C=O) groups is 1. The summed E-state index contributed by atoms with van der Waals surface area (Å²) < 4.78 is 0. The van der Waals surface area contributed by atoms with Gasteiger partial charge in [-0.2, -0.15) is 0 Å². The minimum Gasteiger partial charge on any atom is -0.359 e. The Balaban J connectivity index is 1.39. The van der Waals surface area contributed by atoms with E-state index in [9.17, 15) is 4.79 Å². The molecule has 0 aromatic carbocycles. The van der Waals surface area contributed by atoms with Crippen LogP contribution in [0.2, 0.25) is 0 Å². The molecule has 9 rings (SSSR count). The van der Waals surface area contributed by atoms with E-state index in [1.165, 1.54) is 64.2 Å². The molecule has 8 aliphatic carbocycles. The quantitative estimate of drug-likeness (QED) is 0.721. The van der Waals surface area contributed by atoms with Crippen LogP contribution in [0.3, 0.4) is 0 Å². The van der Waals surface area contributed by atoms with E-state index in [2.05, 4.69) is 10.6 Å². The SMILES string of the molecule is CNC(=O)C12C[C@@H]3CC(C[C@@H](C3)C1)C21NC12C1CC3CC(C1)CC2C3. The Labute approximate surface area is 151 Å². The van der Waals surface area contributed by atoms with E-state index in [-0.39, 0.29) is 11.0 Å². The van der Waals surface area contributed by atoms with Gasteiger partial charge in [0.1, 0.15) is 0 Å². The average molecular weight is 341 g/mol. The molecule has 1 amide bonds. The van der Waals surface area contributed by atoms with Crippen molar-refractivity contribution in [3.8, 4) is 0 Å². The molecule has 0 radical (unpaired) electrons. The normalized spacial score (nSPS) is 65.1. The van der Waals surface area contributed by atoms with E-state index in [0.29, 0.717) is 11.4 Å². The zero-order valence-corrected chi connectivity index (χ0v) is 15.5. The molecule has 25 heavy (non-hydrogen) atoms. The van der Waals surface area contributed by atoms with E-state index in [0.717, 1.165) is 41.4 Å². The summed E-state index contributed by atoms with van der Waals surface area (Å²) in [5.74, 6) is 6.62. The van der Waals surface area contributed by atoms with Crippen molar-refractivity contribution in [3.63, 3.8) is 0 Å². The molecule has 136 valence electrons. The van der Waals surface area contributed by atoms with E-state index >= 15 is 0 Å². The zero-order valence-electron chi connectivity index (χ0n) is 15.5. The summed E-state index contributed by atoms with van der Waals surface area (Å²) >= 11 is 0. The molecule has 3 nitrogen and oxygen atoms in total. The molecule has 1 heterocycles. The minimum atomic E-state index is -0.0775. The maximum Gasteiger partial charge on any atom is 0.227 e. The first-order valence-electron chi connectivity index (χ1n) is 11.1. The molecule has 0 aromatic rings. The van der Waals surface area contributed by atoms with E-state index in [4.69, 9.17) is 0 Å². The lowest BCUT2D eigenvalue weighted by Gasteiger charge is -2.64. The summed E-state index contributed by atoms with van der Waals surface area (Å²) in [6.45, 7) is 0. The molecule has 1 saturated heterocycles. The van der Waals surface area contributed by atoms with E-state index in [1.807, 2.05) is 7.05 Å². The van der Waals surface area contributed by atoms with Crippen LogP contribution in [0.25, 0.3) is 0 Å². The number of nitrogens with one attached hydrogen (secondary N) is 2. The fourth-order valence-corrected chi connectivity index (χ4v) is 10.7. The molecule has 1 aliphatic heterocycles. The molecule has 9 aliphatic rings. The lowest BCUT2D eigenvalue weighted by atomic mass is 9.38. The van der Waals surface area contributed by atoms with Crippen LogP contribution in [-0.2, 0) is 4.79 Å². The standard InChI is InChI=1S/C22H32N2O/c1-23-19(25)20-10-14-3-15(11-20)9-18(8-14)22(20)21(24-22)16-4-12-2-13(6-16)7-17(21)5-12/h12-18,24H,2-11H2,1H3,(H,23,25)/t12?,13?,14-,15+,16?,17?,18?,20?,21?,22?. The van der Waals surface area contributed by atoms with Crippen molar-refractivity contribution < 1.29 is 4.79 Å². The van der Waals surface area contributed by atoms with Gasteiger partial charge in [0, 0.05) is 12.6 Å². The molecule has 9 fully saturated rings. The van der Waals surface area contributed by atoms with Crippen LogP contribution in [0.4, 0.5) is 0 Å². The molecular weight excluding hydrogens is 308 g/mol. The first-order chi connectivity index (χ1) is 12.1. The van der Waals surface area contributed by atoms with Crippen LogP contribution in [-0.4, -0.2) is 24.0 Å². The van der Waals surface area contributed by atoms with E-state index < -0.39 is 0 Å². The Morgan fingerprint density at radius 3 is 1.88 bits per heavy atom. The van der Waals surface area contributed by atoms with Gasteiger partial charge in [-0.15, -0.1) is 0 Å². The molecule has 8 bridgehead atoms. The van der Waals surface area contributed by atoms with Gasteiger partial charge in [-0.1, -0.05) is 0 Å². The second-order valence-electron chi connectivity index (χ2n) is 11.3. The Morgan fingerprint density at radius 2 is 1.32 bits per heavy atom. The van der Waals surface area contributed by atoms with Crippen LogP contribution in [0, 0.1) is 46.8 Å². The van der Waals surface area contributed by atoms with Crippen molar-refractivity contribution in [2.24, 2.45) is 46.8 Å². The first-order valence-corrected chi connectivity index (χ1v) is 11.1. The molecule has 8 saturated carbocycles. The highest BCUT2D eigenvalue weighted by Gasteiger charge is 2.87. The predicted molar refractivity (Wildman–Crippen MR) is 95.7 cm³/mol. The van der Waals surface area contributed by atoms with Crippen LogP contribution < -0.4 is 10.6 Å². The van der Waals surface area contributed by atoms with Crippen molar-refractivity contribution in [1.29, 1.82) is 0 Å². The number of amides is 1. The fourth-order valence-electron chi connectivity index (χ4n) is 10.7. The van der Waals surface area contributed by atoms with Gasteiger partial charge in [0.05, 0.1) is 11.0 Å². The summed E-state index contributed by atoms with van der Waals surface area (Å²) in [5, 5.41) is 7.42. The molecule has 3 heteroatoms. The number of hydrogen-bond donors (Lipinski definition) is 2. The Bertz CT molecular complexity index is 629. The highest BCUT2D eigenvalue weighted by atomic mass is 16.2. The summed E-state index contributed by atoms with van der Waals surface area (Å²) in [6, 6.07) is 0. The van der Waals surface area contributed by atoms with Gasteiger partial charge < -0.3 is 10.6 Å². The largest absolute Gasteiger partial charge is 0.359 e. The van der Waals surface area contributed by atoms with Gasteiger partial charge in [0.15, 0.2) is 0 Å². The van der Waals surface area contributed by atoms with Gasteiger partial charge >= 0.3 is 0 Å². The monoisotopic (exact) mass is 340 g/mol. The number of carbonyl (C=O) groups excluding carboxylic acids is 1. The average Bonchev–Trinajstić information content (AvgIpc) is 3.28. The Kier molecular flexibility index (Phi) is 2.39. The number of hydrogen-bond acceptors (Lipinski definition) is 2. The topological polar surface area (TPSA) is 51.0 Å². The first kappa shape index (κ1) is 14.5. The Morgan fingerprint density at radius 1 is 0.800 bits per heavy atom. The molecular formula is C22H32N2O. The Hall–Kier alpha value is -0.570. The lowest BCUT2D eigenvalue weighted by Crippen LogP contribution is -2.69. The molecule has 0 aromatic heterocycles. The third kappa shape index (κ3) is 1.35. The van der Waals surface area contributed by atoms with Crippen LogP contribution in [0.5, 0.6) is 0 Å². The van der Waals surface area contributed by atoms with Gasteiger partial charge in [0.25, 0.3) is 0 Å². The van der Waals surface area contributed by atoms with Gasteiger partial charge in [-0.3, -0.25) is 4.79 Å². The lowest BCUT2D eigenvalue weighted by molar-refractivity contribution is -0.161. The highest BCUT2D eigenvalue weighted by molar-refractivity contribution is 5.86. The summed E-state index contributed by atoms with van der Waals surface area (Å²) in [5.41, 5.74) is 0.451. The molecule has 2 spiro atoms. The smallest absolute Gasteiger partial charge is 0.227 e. The zero-order chi connectivity index (χ0) is 16.6. The molecule has 5 atom stereocenters. The van der Waals surface area contributed by atoms with Crippen molar-refractivity contribution in [1.82, 2.24) is 10.6 Å². The van der Waals surface area contributed by atoms with Crippen molar-refractivity contribution in [2.45, 2.75) is 75.3 Å². The fraction of sp³-hybridized carbons (Fsp3) is 0.955. The van der Waals surface area contributed by atoms with Gasteiger partial charge in [0.2, 0.25) is 5.91 Å². The van der Waals surface area contributed by atoms with Crippen LogP contribution in [0.1, 0.15) is 64.2 Å². The van der Waals surface area contributed by atoms with Crippen LogP contribution in [0.15, 0.2) is 0 Å². The maximum atomic E-state index is 13.4. The second-order valence-corrected chi connectivity index (χ2v) is 11.3. The van der Waals surface area contributed by atoms with Crippen molar-refractivity contribution in [3.05, 3.63) is 0 Å². The van der Waals surface area contributed by atoms with Crippen molar-refractivity contribution >= 4 is 5.91 Å². The maximum absolute atomic E-state index is 13.4. The third-order valence-electron chi connectivity index (χ3n) is 10.6. The number of rotatable bonds is 1. The minimum absolute atomic E-state index is 0.0775. The van der Waals surface area contributed by atoms with Crippen molar-refractivity contribution in [2.75, 3.05) is 7.05 Å². The summed E-state index contributed by atoms with van der Waals surface area (Å²) in [4.78, 5) is 13.4. The highest BCUT2D eigenvalue weighted by Crippen LogP contribution is 2.79. The van der Waals surface area contributed by atoms with Gasteiger partial charge in [-0.25, -0.2) is 0 Å². The molecule has 3 unspecified atom stereocenters. The van der Waals surface area contributed by atoms with E-state index in [1.54, 1.807) is 0 Å².